The number of benzene rings is 3. The molecule has 160 valence electrons. The Bertz CT molecular complexity index is 1250. The van der Waals surface area contributed by atoms with Crippen LogP contribution < -0.4 is 4.74 Å². The molecule has 0 aliphatic rings. The Morgan fingerprint density at radius 1 is 0.969 bits per heavy atom. The molecular formula is C26H20Cl2N2O2. The van der Waals surface area contributed by atoms with E-state index in [0.29, 0.717) is 39.3 Å². The van der Waals surface area contributed by atoms with Crippen LogP contribution in [-0.4, -0.2) is 15.9 Å². The van der Waals surface area contributed by atoms with E-state index in [2.05, 4.69) is 11.6 Å². The molecule has 4 nitrogen and oxygen atoms in total. The second kappa shape index (κ2) is 9.43. The highest BCUT2D eigenvalue weighted by Gasteiger charge is 2.22. The Morgan fingerprint density at radius 3 is 2.22 bits per heavy atom. The highest BCUT2D eigenvalue weighted by molar-refractivity contribution is 6.34. The number of hydrogen-bond donors (Lipinski definition) is 1. The fourth-order valence-corrected chi connectivity index (χ4v) is 4.02. The molecule has 1 heterocycles. The molecule has 0 amide bonds. The molecule has 0 spiro atoms. The number of esters is 1. The van der Waals surface area contributed by atoms with Crippen molar-refractivity contribution in [3.63, 3.8) is 0 Å². The molecule has 4 rings (SSSR count). The minimum Gasteiger partial charge on any atom is -0.426 e. The Morgan fingerprint density at radius 2 is 1.59 bits per heavy atom. The summed E-state index contributed by atoms with van der Waals surface area (Å²) in [5, 5.41) is 1.15. The van der Waals surface area contributed by atoms with Crippen molar-refractivity contribution < 1.29 is 9.53 Å². The molecule has 0 radical (unpaired) electrons. The van der Waals surface area contributed by atoms with E-state index in [9.17, 15) is 4.79 Å². The molecule has 0 aliphatic carbocycles. The van der Waals surface area contributed by atoms with Crippen LogP contribution in [0.25, 0.3) is 33.9 Å². The number of H-pyrrole nitrogens is 1. The number of nitrogens with zero attached hydrogens (tertiary/aromatic N) is 1. The van der Waals surface area contributed by atoms with E-state index in [1.807, 2.05) is 66.7 Å². The maximum absolute atomic E-state index is 11.8. The summed E-state index contributed by atoms with van der Waals surface area (Å²) < 4.78 is 5.59. The average Bonchev–Trinajstić information content (AvgIpc) is 3.20. The van der Waals surface area contributed by atoms with Gasteiger partial charge in [-0.2, -0.15) is 0 Å². The molecule has 4 aromatic rings. The first-order valence-electron chi connectivity index (χ1n) is 10.0. The Labute approximate surface area is 196 Å². The summed E-state index contributed by atoms with van der Waals surface area (Å²) in [7, 11) is 0. The van der Waals surface area contributed by atoms with Gasteiger partial charge in [0.15, 0.2) is 0 Å². The van der Waals surface area contributed by atoms with E-state index in [1.165, 1.54) is 6.92 Å². The van der Waals surface area contributed by atoms with Crippen molar-refractivity contribution in [1.82, 2.24) is 9.97 Å². The number of aromatic nitrogens is 2. The van der Waals surface area contributed by atoms with E-state index in [1.54, 1.807) is 6.08 Å². The zero-order valence-electron chi connectivity index (χ0n) is 17.4. The Balaban J connectivity index is 1.98. The summed E-state index contributed by atoms with van der Waals surface area (Å²) in [6, 6.07) is 20.7. The molecule has 32 heavy (non-hydrogen) atoms. The average molecular weight is 463 g/mol. The van der Waals surface area contributed by atoms with Crippen LogP contribution in [0.4, 0.5) is 0 Å². The van der Waals surface area contributed by atoms with Gasteiger partial charge in [0.05, 0.1) is 22.0 Å². The Kier molecular flexibility index (Phi) is 6.45. The topological polar surface area (TPSA) is 55.0 Å². The van der Waals surface area contributed by atoms with E-state index in [4.69, 9.17) is 32.9 Å². The molecule has 3 aromatic carbocycles. The van der Waals surface area contributed by atoms with Crippen molar-refractivity contribution in [2.24, 2.45) is 0 Å². The highest BCUT2D eigenvalue weighted by Crippen LogP contribution is 2.41. The van der Waals surface area contributed by atoms with Crippen LogP contribution >= 0.6 is 23.2 Å². The second-order valence-corrected chi connectivity index (χ2v) is 7.96. The molecule has 0 atom stereocenters. The number of allylic oxidation sites excluding steroid dienone is 1. The number of carbonyl (C=O) groups excluding carboxylic acids is 1. The third kappa shape index (κ3) is 4.33. The number of imidazole rings is 1. The van der Waals surface area contributed by atoms with Gasteiger partial charge in [-0.1, -0.05) is 77.8 Å². The van der Waals surface area contributed by atoms with Crippen molar-refractivity contribution in [3.8, 4) is 39.7 Å². The molecule has 0 saturated heterocycles. The molecule has 0 fully saturated rings. The molecular weight excluding hydrogens is 443 g/mol. The Hall–Kier alpha value is -3.34. The van der Waals surface area contributed by atoms with Crippen LogP contribution in [0, 0.1) is 0 Å². The summed E-state index contributed by atoms with van der Waals surface area (Å²) in [6.45, 7) is 5.18. The molecule has 1 aromatic heterocycles. The van der Waals surface area contributed by atoms with Gasteiger partial charge in [0, 0.05) is 23.1 Å². The maximum Gasteiger partial charge on any atom is 0.308 e. The summed E-state index contributed by atoms with van der Waals surface area (Å²) in [5.74, 6) is 0.578. The fraction of sp³-hybridized carbons (Fsp3) is 0.0769. The molecule has 0 aliphatic heterocycles. The van der Waals surface area contributed by atoms with Crippen molar-refractivity contribution >= 4 is 29.2 Å². The van der Waals surface area contributed by atoms with Gasteiger partial charge in [-0.15, -0.1) is 6.58 Å². The molecule has 6 heteroatoms. The summed E-state index contributed by atoms with van der Waals surface area (Å²) in [6.07, 6.45) is 2.31. The molecule has 0 bridgehead atoms. The minimum atomic E-state index is -0.410. The van der Waals surface area contributed by atoms with Gasteiger partial charge < -0.3 is 9.72 Å². The first-order valence-corrected chi connectivity index (χ1v) is 10.8. The third-order valence-corrected chi connectivity index (χ3v) is 5.60. The monoisotopic (exact) mass is 462 g/mol. The quantitative estimate of drug-likeness (QED) is 0.185. The predicted octanol–water partition coefficient (Wildman–Crippen LogP) is 7.37. The lowest BCUT2D eigenvalue weighted by Gasteiger charge is -2.11. The number of nitrogens with one attached hydrogen (secondary N) is 1. The first-order chi connectivity index (χ1) is 15.5. The highest BCUT2D eigenvalue weighted by atomic mass is 35.5. The summed E-state index contributed by atoms with van der Waals surface area (Å²) in [4.78, 5) is 20.1. The van der Waals surface area contributed by atoms with Crippen molar-refractivity contribution in [2.75, 3.05) is 0 Å². The predicted molar refractivity (Wildman–Crippen MR) is 130 cm³/mol. The lowest BCUT2D eigenvalue weighted by molar-refractivity contribution is -0.131. The van der Waals surface area contributed by atoms with Gasteiger partial charge in [0.1, 0.15) is 11.6 Å². The zero-order chi connectivity index (χ0) is 22.7. The first kappa shape index (κ1) is 21.9. The van der Waals surface area contributed by atoms with Gasteiger partial charge in [0.2, 0.25) is 0 Å². The lowest BCUT2D eigenvalue weighted by atomic mass is 10.1. The SMILES string of the molecule is C=CCc1cccc(-c2nc(-c3ccccc3Cl)c(-c3ccccc3Cl)[nH]2)c1OC(C)=O. The van der Waals surface area contributed by atoms with Crippen LogP contribution in [0.2, 0.25) is 10.0 Å². The van der Waals surface area contributed by atoms with Gasteiger partial charge in [-0.25, -0.2) is 4.98 Å². The van der Waals surface area contributed by atoms with Gasteiger partial charge in [-0.05, 0) is 30.2 Å². The number of halogens is 2. The molecule has 0 unspecified atom stereocenters. The maximum atomic E-state index is 11.8. The van der Waals surface area contributed by atoms with Crippen LogP contribution in [0.5, 0.6) is 5.75 Å². The number of carbonyl (C=O) groups is 1. The van der Waals surface area contributed by atoms with Crippen molar-refractivity contribution in [1.29, 1.82) is 0 Å². The lowest BCUT2D eigenvalue weighted by Crippen LogP contribution is -2.05. The summed E-state index contributed by atoms with van der Waals surface area (Å²) >= 11 is 13.0. The fourth-order valence-electron chi connectivity index (χ4n) is 3.56. The van der Waals surface area contributed by atoms with E-state index in [-0.39, 0.29) is 0 Å². The number of para-hydroxylation sites is 1. The minimum absolute atomic E-state index is 0.410. The number of hydrogen-bond acceptors (Lipinski definition) is 3. The normalized spacial score (nSPS) is 10.7. The van der Waals surface area contributed by atoms with Crippen molar-refractivity contribution in [2.45, 2.75) is 13.3 Å². The molecule has 1 N–H and O–H groups in total. The number of aromatic amines is 1. The van der Waals surface area contributed by atoms with E-state index >= 15 is 0 Å². The van der Waals surface area contributed by atoms with E-state index in [0.717, 1.165) is 22.4 Å². The van der Waals surface area contributed by atoms with Crippen molar-refractivity contribution in [3.05, 3.63) is 95.0 Å². The standard InChI is InChI=1S/C26H20Cl2N2O2/c1-3-9-17-10-8-13-20(25(17)32-16(2)31)26-29-23(18-11-4-6-14-21(18)27)24(30-26)19-12-5-7-15-22(19)28/h3-8,10-15H,1,9H2,2H3,(H,29,30). The number of rotatable bonds is 6. The smallest absolute Gasteiger partial charge is 0.308 e. The largest absolute Gasteiger partial charge is 0.426 e. The van der Waals surface area contributed by atoms with Crippen LogP contribution in [0.1, 0.15) is 12.5 Å². The van der Waals surface area contributed by atoms with E-state index < -0.39 is 5.97 Å². The van der Waals surface area contributed by atoms with Crippen LogP contribution in [0.3, 0.4) is 0 Å². The van der Waals surface area contributed by atoms with Crippen LogP contribution in [0.15, 0.2) is 79.4 Å². The second-order valence-electron chi connectivity index (χ2n) is 7.15. The zero-order valence-corrected chi connectivity index (χ0v) is 18.9. The third-order valence-electron chi connectivity index (χ3n) is 4.94. The summed E-state index contributed by atoms with van der Waals surface area (Å²) in [5.41, 5.74) is 4.43. The van der Waals surface area contributed by atoms with Crippen LogP contribution in [-0.2, 0) is 11.2 Å². The molecule has 0 saturated carbocycles. The van der Waals surface area contributed by atoms with Gasteiger partial charge in [0.25, 0.3) is 0 Å². The number of ether oxygens (including phenoxy) is 1. The van der Waals surface area contributed by atoms with Gasteiger partial charge in [-0.3, -0.25) is 4.79 Å². The van der Waals surface area contributed by atoms with Gasteiger partial charge >= 0.3 is 5.97 Å².